The van der Waals surface area contributed by atoms with Crippen LogP contribution in [0.2, 0.25) is 0 Å². The normalized spacial score (nSPS) is 15.0. The predicted molar refractivity (Wildman–Crippen MR) is 95.6 cm³/mol. The minimum Gasteiger partial charge on any atom is -0.494 e. The molecule has 7 nitrogen and oxygen atoms in total. The number of likely N-dealkylation sites (tertiary alicyclic amines) is 1. The number of hydrogen-bond acceptors (Lipinski definition) is 4. The first-order chi connectivity index (χ1) is 12.6. The Morgan fingerprint density at radius 1 is 1.27 bits per heavy atom. The fourth-order valence-corrected chi connectivity index (χ4v) is 3.10. The summed E-state index contributed by atoms with van der Waals surface area (Å²) < 4.78 is 7.30. The summed E-state index contributed by atoms with van der Waals surface area (Å²) in [6, 6.07) is 7.40. The van der Waals surface area contributed by atoms with Crippen LogP contribution in [0.1, 0.15) is 52.9 Å². The zero-order valence-corrected chi connectivity index (χ0v) is 14.8. The number of aromatic nitrogens is 2. The van der Waals surface area contributed by atoms with Gasteiger partial charge in [-0.1, -0.05) is 13.0 Å². The summed E-state index contributed by atoms with van der Waals surface area (Å²) in [6.45, 7) is 3.90. The summed E-state index contributed by atoms with van der Waals surface area (Å²) in [6.07, 6.45) is 5.33. The zero-order chi connectivity index (χ0) is 18.5. The number of carbonyl (C=O) groups excluding carboxylic acids is 1. The van der Waals surface area contributed by atoms with Gasteiger partial charge in [-0.25, -0.2) is 4.79 Å². The van der Waals surface area contributed by atoms with Crippen molar-refractivity contribution in [2.75, 3.05) is 19.7 Å². The van der Waals surface area contributed by atoms with Crippen molar-refractivity contribution >= 4 is 11.9 Å². The van der Waals surface area contributed by atoms with Gasteiger partial charge >= 0.3 is 5.97 Å². The molecule has 2 aromatic rings. The third kappa shape index (κ3) is 4.04. The van der Waals surface area contributed by atoms with Crippen LogP contribution >= 0.6 is 0 Å². The molecule has 26 heavy (non-hydrogen) atoms. The maximum absolute atomic E-state index is 12.7. The third-order valence-corrected chi connectivity index (χ3v) is 4.53. The lowest BCUT2D eigenvalue weighted by atomic mass is 10.0. The highest BCUT2D eigenvalue weighted by Gasteiger charge is 2.25. The van der Waals surface area contributed by atoms with Gasteiger partial charge in [0.25, 0.3) is 5.91 Å². The fourth-order valence-electron chi connectivity index (χ4n) is 3.10. The van der Waals surface area contributed by atoms with E-state index in [0.29, 0.717) is 31.0 Å². The quantitative estimate of drug-likeness (QED) is 0.859. The number of aromatic carboxylic acids is 1. The van der Waals surface area contributed by atoms with E-state index in [4.69, 9.17) is 9.84 Å². The van der Waals surface area contributed by atoms with Gasteiger partial charge in [0.15, 0.2) is 0 Å². The van der Waals surface area contributed by atoms with E-state index in [0.717, 1.165) is 19.3 Å². The number of nitrogens with zero attached hydrogens (tertiary/aromatic N) is 3. The van der Waals surface area contributed by atoms with Crippen molar-refractivity contribution in [3.05, 3.63) is 47.8 Å². The first-order valence-electron chi connectivity index (χ1n) is 8.88. The molecule has 0 unspecified atom stereocenters. The molecule has 0 bridgehead atoms. The second kappa shape index (κ2) is 8.03. The SMILES string of the molecule is CCCOc1cccc(C(=O)N2CCC(n3cc(C(=O)O)cn3)CC2)c1. The molecule has 0 spiro atoms. The van der Waals surface area contributed by atoms with E-state index in [9.17, 15) is 9.59 Å². The van der Waals surface area contributed by atoms with Gasteiger partial charge in [0.2, 0.25) is 0 Å². The Balaban J connectivity index is 1.60. The summed E-state index contributed by atoms with van der Waals surface area (Å²) in [5.74, 6) is -0.267. The Labute approximate surface area is 152 Å². The van der Waals surface area contributed by atoms with E-state index in [-0.39, 0.29) is 17.5 Å². The van der Waals surface area contributed by atoms with E-state index < -0.39 is 5.97 Å². The standard InChI is InChI=1S/C19H23N3O4/c1-2-10-26-17-5-3-4-14(11-17)18(23)21-8-6-16(7-9-21)22-13-15(12-20-22)19(24)25/h3-5,11-13,16H,2,6-10H2,1H3,(H,24,25). The Hall–Kier alpha value is -2.83. The van der Waals surface area contributed by atoms with Gasteiger partial charge in [0.05, 0.1) is 24.4 Å². The molecule has 1 amide bonds. The van der Waals surface area contributed by atoms with Gasteiger partial charge in [-0.3, -0.25) is 9.48 Å². The predicted octanol–water partition coefficient (Wildman–Crippen LogP) is 2.85. The second-order valence-corrected chi connectivity index (χ2v) is 6.41. The van der Waals surface area contributed by atoms with E-state index in [1.54, 1.807) is 23.0 Å². The van der Waals surface area contributed by atoms with Crippen LogP contribution in [0.15, 0.2) is 36.7 Å². The molecule has 1 aromatic carbocycles. The molecule has 1 N–H and O–H groups in total. The minimum absolute atomic E-state index is 0.00270. The van der Waals surface area contributed by atoms with Gasteiger partial charge in [0.1, 0.15) is 5.75 Å². The molecule has 0 radical (unpaired) electrons. The summed E-state index contributed by atoms with van der Waals surface area (Å²) in [5, 5.41) is 13.1. The van der Waals surface area contributed by atoms with Crippen LogP contribution < -0.4 is 4.74 Å². The summed E-state index contributed by atoms with van der Waals surface area (Å²) in [7, 11) is 0. The fraction of sp³-hybridized carbons (Fsp3) is 0.421. The highest BCUT2D eigenvalue weighted by atomic mass is 16.5. The second-order valence-electron chi connectivity index (χ2n) is 6.41. The molecule has 7 heteroatoms. The Bertz CT molecular complexity index is 779. The molecular formula is C19H23N3O4. The van der Waals surface area contributed by atoms with Crippen LogP contribution in [0.3, 0.4) is 0 Å². The molecule has 1 aliphatic heterocycles. The largest absolute Gasteiger partial charge is 0.494 e. The van der Waals surface area contributed by atoms with E-state index >= 15 is 0 Å². The number of amides is 1. The van der Waals surface area contributed by atoms with Gasteiger partial charge < -0.3 is 14.7 Å². The molecule has 2 heterocycles. The van der Waals surface area contributed by atoms with Crippen molar-refractivity contribution in [3.8, 4) is 5.75 Å². The molecule has 0 saturated carbocycles. The van der Waals surface area contributed by atoms with Crippen LogP contribution in [0.5, 0.6) is 5.75 Å². The molecule has 1 fully saturated rings. The monoisotopic (exact) mass is 357 g/mol. The Kier molecular flexibility index (Phi) is 5.55. The van der Waals surface area contributed by atoms with Crippen molar-refractivity contribution in [2.45, 2.75) is 32.2 Å². The average Bonchev–Trinajstić information content (AvgIpc) is 3.17. The van der Waals surface area contributed by atoms with Crippen LogP contribution in [0.25, 0.3) is 0 Å². The van der Waals surface area contributed by atoms with Gasteiger partial charge in [-0.15, -0.1) is 0 Å². The molecule has 0 atom stereocenters. The number of ether oxygens (including phenoxy) is 1. The summed E-state index contributed by atoms with van der Waals surface area (Å²) in [5.41, 5.74) is 0.816. The van der Waals surface area contributed by atoms with Crippen molar-refractivity contribution in [2.24, 2.45) is 0 Å². The van der Waals surface area contributed by atoms with E-state index in [1.165, 1.54) is 6.20 Å². The lowest BCUT2D eigenvalue weighted by Crippen LogP contribution is -2.39. The molecular weight excluding hydrogens is 334 g/mol. The average molecular weight is 357 g/mol. The summed E-state index contributed by atoms with van der Waals surface area (Å²) in [4.78, 5) is 25.5. The number of rotatable bonds is 6. The number of carboxylic acids is 1. The molecule has 1 aromatic heterocycles. The van der Waals surface area contributed by atoms with E-state index in [2.05, 4.69) is 5.10 Å². The highest BCUT2D eigenvalue weighted by Crippen LogP contribution is 2.24. The van der Waals surface area contributed by atoms with Crippen molar-refractivity contribution < 1.29 is 19.4 Å². The first-order valence-corrected chi connectivity index (χ1v) is 8.88. The maximum Gasteiger partial charge on any atom is 0.338 e. The lowest BCUT2D eigenvalue weighted by Gasteiger charge is -2.32. The molecule has 3 rings (SSSR count). The Morgan fingerprint density at radius 2 is 2.04 bits per heavy atom. The van der Waals surface area contributed by atoms with Crippen LogP contribution in [0.4, 0.5) is 0 Å². The van der Waals surface area contributed by atoms with Crippen LogP contribution in [0, 0.1) is 0 Å². The maximum atomic E-state index is 12.7. The molecule has 138 valence electrons. The number of hydrogen-bond donors (Lipinski definition) is 1. The van der Waals surface area contributed by atoms with E-state index in [1.807, 2.05) is 24.0 Å². The summed E-state index contributed by atoms with van der Waals surface area (Å²) >= 11 is 0. The molecule has 1 saturated heterocycles. The highest BCUT2D eigenvalue weighted by molar-refractivity contribution is 5.94. The van der Waals surface area contributed by atoms with Gasteiger partial charge in [-0.2, -0.15) is 5.10 Å². The molecule has 1 aliphatic rings. The minimum atomic E-state index is -0.978. The Morgan fingerprint density at radius 3 is 2.69 bits per heavy atom. The van der Waals surface area contributed by atoms with Crippen molar-refractivity contribution in [1.29, 1.82) is 0 Å². The van der Waals surface area contributed by atoms with Crippen molar-refractivity contribution in [3.63, 3.8) is 0 Å². The zero-order valence-electron chi connectivity index (χ0n) is 14.8. The topological polar surface area (TPSA) is 84.7 Å². The number of carbonyl (C=O) groups is 2. The number of piperidine rings is 1. The third-order valence-electron chi connectivity index (χ3n) is 4.53. The van der Waals surface area contributed by atoms with Gasteiger partial charge in [-0.05, 0) is 37.5 Å². The smallest absolute Gasteiger partial charge is 0.338 e. The lowest BCUT2D eigenvalue weighted by molar-refractivity contribution is 0.0688. The van der Waals surface area contributed by atoms with Crippen molar-refractivity contribution in [1.82, 2.24) is 14.7 Å². The number of benzene rings is 1. The van der Waals surface area contributed by atoms with Crippen LogP contribution in [-0.4, -0.2) is 51.4 Å². The first kappa shape index (κ1) is 18.0. The van der Waals surface area contributed by atoms with Crippen LogP contribution in [-0.2, 0) is 0 Å². The molecule has 0 aliphatic carbocycles. The number of carboxylic acid groups (broad SMARTS) is 1. The van der Waals surface area contributed by atoms with Gasteiger partial charge in [0, 0.05) is 24.8 Å².